The van der Waals surface area contributed by atoms with Gasteiger partial charge in [0.15, 0.2) is 6.61 Å². The minimum Gasteiger partial charge on any atom is -0.384 e. The monoisotopic (exact) mass is 267 g/mol. The van der Waals surface area contributed by atoms with E-state index in [1.165, 1.54) is 0 Å². The molecule has 0 aliphatic carbocycles. The summed E-state index contributed by atoms with van der Waals surface area (Å²) in [4.78, 5) is 8.94. The van der Waals surface area contributed by atoms with Crippen LogP contribution in [0.5, 0.6) is 0 Å². The molecule has 1 aromatic carbocycles. The average molecular weight is 267 g/mol. The summed E-state index contributed by atoms with van der Waals surface area (Å²) >= 11 is 0. The SMILES string of the molecule is Cc1ccccc1-c1noc(CON=C(C#N)C#N)n1. The number of hydrogen-bond donors (Lipinski definition) is 0. The Hall–Kier alpha value is -3.19. The predicted molar refractivity (Wildman–Crippen MR) is 67.9 cm³/mol. The van der Waals surface area contributed by atoms with Crippen molar-refractivity contribution in [3.63, 3.8) is 0 Å². The van der Waals surface area contributed by atoms with Crippen LogP contribution in [0.3, 0.4) is 0 Å². The molecule has 2 aromatic rings. The van der Waals surface area contributed by atoms with Gasteiger partial charge in [0.2, 0.25) is 5.82 Å². The lowest BCUT2D eigenvalue weighted by Crippen LogP contribution is -1.93. The zero-order valence-electron chi connectivity index (χ0n) is 10.6. The molecule has 0 saturated heterocycles. The average Bonchev–Trinajstić information content (AvgIpc) is 2.93. The third kappa shape index (κ3) is 2.98. The summed E-state index contributed by atoms with van der Waals surface area (Å²) in [5, 5.41) is 24.1. The van der Waals surface area contributed by atoms with Crippen LogP contribution in [0, 0.1) is 29.6 Å². The summed E-state index contributed by atoms with van der Waals surface area (Å²) in [7, 11) is 0. The van der Waals surface area contributed by atoms with E-state index in [-0.39, 0.29) is 18.2 Å². The second kappa shape index (κ2) is 6.12. The van der Waals surface area contributed by atoms with E-state index in [9.17, 15) is 0 Å². The van der Waals surface area contributed by atoms with Gasteiger partial charge in [-0.2, -0.15) is 15.5 Å². The van der Waals surface area contributed by atoms with Crippen molar-refractivity contribution >= 4 is 5.71 Å². The first-order valence-electron chi connectivity index (χ1n) is 5.63. The number of rotatable bonds is 4. The first-order chi connectivity index (χ1) is 9.74. The molecule has 0 atom stereocenters. The van der Waals surface area contributed by atoms with Crippen LogP contribution in [-0.2, 0) is 11.4 Å². The Morgan fingerprint density at radius 3 is 2.80 bits per heavy atom. The van der Waals surface area contributed by atoms with Crippen LogP contribution in [0.1, 0.15) is 11.5 Å². The molecule has 0 amide bonds. The van der Waals surface area contributed by atoms with Crippen LogP contribution in [0.2, 0.25) is 0 Å². The van der Waals surface area contributed by atoms with E-state index < -0.39 is 0 Å². The van der Waals surface area contributed by atoms with E-state index in [4.69, 9.17) is 19.9 Å². The largest absolute Gasteiger partial charge is 0.384 e. The van der Waals surface area contributed by atoms with Gasteiger partial charge in [-0.05, 0) is 12.5 Å². The fourth-order valence-corrected chi connectivity index (χ4v) is 1.46. The topological polar surface area (TPSA) is 108 Å². The third-order valence-electron chi connectivity index (χ3n) is 2.41. The van der Waals surface area contributed by atoms with E-state index in [2.05, 4.69) is 15.3 Å². The highest BCUT2D eigenvalue weighted by atomic mass is 16.6. The molecule has 2 rings (SSSR count). The van der Waals surface area contributed by atoms with Gasteiger partial charge in [0.25, 0.3) is 11.6 Å². The van der Waals surface area contributed by atoms with Gasteiger partial charge < -0.3 is 9.36 Å². The van der Waals surface area contributed by atoms with E-state index >= 15 is 0 Å². The van der Waals surface area contributed by atoms with Gasteiger partial charge in [-0.15, -0.1) is 0 Å². The number of aromatic nitrogens is 2. The lowest BCUT2D eigenvalue weighted by atomic mass is 10.1. The van der Waals surface area contributed by atoms with Crippen molar-refractivity contribution in [1.29, 1.82) is 10.5 Å². The van der Waals surface area contributed by atoms with Crippen LogP contribution in [0.25, 0.3) is 11.4 Å². The molecule has 0 spiro atoms. The molecule has 0 aliphatic rings. The molecule has 1 heterocycles. The van der Waals surface area contributed by atoms with Gasteiger partial charge in [-0.1, -0.05) is 34.6 Å². The normalized spacial score (nSPS) is 9.35. The number of nitrogens with zero attached hydrogens (tertiary/aromatic N) is 5. The van der Waals surface area contributed by atoms with Crippen molar-refractivity contribution in [2.45, 2.75) is 13.5 Å². The zero-order valence-corrected chi connectivity index (χ0v) is 10.6. The maximum atomic E-state index is 8.47. The smallest absolute Gasteiger partial charge is 0.267 e. The van der Waals surface area contributed by atoms with Crippen LogP contribution < -0.4 is 0 Å². The van der Waals surface area contributed by atoms with Crippen molar-refractivity contribution in [2.24, 2.45) is 5.16 Å². The molecular formula is C13H9N5O2. The molecule has 7 nitrogen and oxygen atoms in total. The van der Waals surface area contributed by atoms with Crippen LogP contribution >= 0.6 is 0 Å². The summed E-state index contributed by atoms with van der Waals surface area (Å²) in [5.41, 5.74) is 1.51. The summed E-state index contributed by atoms with van der Waals surface area (Å²) in [6, 6.07) is 10.8. The Morgan fingerprint density at radius 2 is 2.10 bits per heavy atom. The summed E-state index contributed by atoms with van der Waals surface area (Å²) < 4.78 is 5.00. The predicted octanol–water partition coefficient (Wildman–Crippen LogP) is 1.96. The highest BCUT2D eigenvalue weighted by Crippen LogP contribution is 2.19. The standard InChI is InChI=1S/C13H9N5O2/c1-9-4-2-3-5-11(9)13-16-12(20-18-13)8-19-17-10(6-14)7-15/h2-5H,8H2,1H3. The van der Waals surface area contributed by atoms with E-state index in [1.807, 2.05) is 31.2 Å². The first-order valence-corrected chi connectivity index (χ1v) is 5.63. The fourth-order valence-electron chi connectivity index (χ4n) is 1.46. The molecule has 0 bridgehead atoms. The number of nitriles is 2. The molecule has 0 N–H and O–H groups in total. The van der Waals surface area contributed by atoms with E-state index in [1.54, 1.807) is 12.1 Å². The van der Waals surface area contributed by atoms with Crippen LogP contribution in [-0.4, -0.2) is 15.9 Å². The third-order valence-corrected chi connectivity index (χ3v) is 2.41. The minimum atomic E-state index is -0.372. The number of hydrogen-bond acceptors (Lipinski definition) is 7. The summed E-state index contributed by atoms with van der Waals surface area (Å²) in [6.07, 6.45) is 0. The highest BCUT2D eigenvalue weighted by molar-refractivity contribution is 6.09. The van der Waals surface area contributed by atoms with Gasteiger partial charge in [-0.3, -0.25) is 0 Å². The van der Waals surface area contributed by atoms with Crippen LogP contribution in [0.4, 0.5) is 0 Å². The maximum Gasteiger partial charge on any atom is 0.267 e. The zero-order chi connectivity index (χ0) is 14.4. The summed E-state index contributed by atoms with van der Waals surface area (Å²) in [6.45, 7) is 1.84. The van der Waals surface area contributed by atoms with Gasteiger partial charge in [0, 0.05) is 5.56 Å². The lowest BCUT2D eigenvalue weighted by Gasteiger charge is -1.97. The van der Waals surface area contributed by atoms with Gasteiger partial charge in [0.1, 0.15) is 12.1 Å². The van der Waals surface area contributed by atoms with E-state index in [0.717, 1.165) is 11.1 Å². The van der Waals surface area contributed by atoms with Crippen molar-refractivity contribution in [2.75, 3.05) is 0 Å². The molecule has 1 aromatic heterocycles. The molecule has 0 radical (unpaired) electrons. The lowest BCUT2D eigenvalue weighted by molar-refractivity contribution is 0.106. The number of aryl methyl sites for hydroxylation is 1. The molecule has 0 fully saturated rings. The molecule has 7 heteroatoms. The maximum absolute atomic E-state index is 8.47. The molecule has 0 unspecified atom stereocenters. The van der Waals surface area contributed by atoms with Crippen molar-refractivity contribution < 1.29 is 9.36 Å². The van der Waals surface area contributed by atoms with E-state index in [0.29, 0.717) is 5.82 Å². The Kier molecular flexibility index (Phi) is 4.05. The molecule has 0 aliphatic heterocycles. The molecule has 0 saturated carbocycles. The van der Waals surface area contributed by atoms with Crippen molar-refractivity contribution in [3.05, 3.63) is 35.7 Å². The Labute approximate surface area is 114 Å². The highest BCUT2D eigenvalue weighted by Gasteiger charge is 2.10. The van der Waals surface area contributed by atoms with Crippen LogP contribution in [0.15, 0.2) is 33.9 Å². The summed E-state index contributed by atoms with van der Waals surface area (Å²) in [5.74, 6) is 0.661. The van der Waals surface area contributed by atoms with Gasteiger partial charge >= 0.3 is 0 Å². The quantitative estimate of drug-likeness (QED) is 0.618. The van der Waals surface area contributed by atoms with Gasteiger partial charge in [0.05, 0.1) is 0 Å². The molecule has 20 heavy (non-hydrogen) atoms. The Morgan fingerprint density at radius 1 is 1.35 bits per heavy atom. The fraction of sp³-hybridized carbons (Fsp3) is 0.154. The number of oxime groups is 1. The van der Waals surface area contributed by atoms with Crippen molar-refractivity contribution in [3.8, 4) is 23.5 Å². The second-order valence-electron chi connectivity index (χ2n) is 3.76. The molecular weight excluding hydrogens is 258 g/mol. The Bertz CT molecular complexity index is 705. The Balaban J connectivity index is 2.08. The van der Waals surface area contributed by atoms with Crippen molar-refractivity contribution in [1.82, 2.24) is 10.1 Å². The number of benzene rings is 1. The first kappa shape index (κ1) is 13.2. The van der Waals surface area contributed by atoms with Gasteiger partial charge in [-0.25, -0.2) is 0 Å². The minimum absolute atomic E-state index is 0.105. The second-order valence-corrected chi connectivity index (χ2v) is 3.76. The molecule has 98 valence electrons.